The quantitative estimate of drug-likeness (QED) is 0.609. The number of hydrogen-bond acceptors (Lipinski definition) is 4. The number of fused-ring (bicyclic) bond motifs is 4. The molecule has 34 heavy (non-hydrogen) atoms. The molecule has 2 saturated heterocycles. The number of benzene rings is 2. The predicted octanol–water partition coefficient (Wildman–Crippen LogP) is 5.28. The number of ether oxygens (including phenoxy) is 2. The van der Waals surface area contributed by atoms with Crippen molar-refractivity contribution in [2.24, 2.45) is 0 Å². The van der Waals surface area contributed by atoms with Crippen molar-refractivity contribution in [3.8, 4) is 0 Å². The Morgan fingerprint density at radius 2 is 1.21 bits per heavy atom. The average molecular weight is 461 g/mol. The highest BCUT2D eigenvalue weighted by Crippen LogP contribution is 2.55. The van der Waals surface area contributed by atoms with Crippen LogP contribution in [0.5, 0.6) is 0 Å². The summed E-state index contributed by atoms with van der Waals surface area (Å²) in [6, 6.07) is 16.1. The minimum Gasteiger partial charge on any atom is -0.360 e. The molecule has 0 saturated carbocycles. The van der Waals surface area contributed by atoms with Crippen LogP contribution in [-0.4, -0.2) is 50.1 Å². The van der Waals surface area contributed by atoms with E-state index in [1.807, 2.05) is 0 Å². The molecular formula is C30H40N2O2. The summed E-state index contributed by atoms with van der Waals surface area (Å²) in [5, 5.41) is 0. The zero-order chi connectivity index (χ0) is 23.8. The van der Waals surface area contributed by atoms with Gasteiger partial charge in [0.15, 0.2) is 0 Å². The molecule has 0 aliphatic carbocycles. The third kappa shape index (κ3) is 3.41. The molecule has 4 aliphatic heterocycles. The van der Waals surface area contributed by atoms with Gasteiger partial charge >= 0.3 is 0 Å². The summed E-state index contributed by atoms with van der Waals surface area (Å²) < 4.78 is 14.0. The normalized spacial score (nSPS) is 29.4. The van der Waals surface area contributed by atoms with Crippen molar-refractivity contribution in [2.75, 3.05) is 40.3 Å². The van der Waals surface area contributed by atoms with Gasteiger partial charge in [0.2, 0.25) is 0 Å². The Bertz CT molecular complexity index is 1090. The zero-order valence-electron chi connectivity index (χ0n) is 21.6. The van der Waals surface area contributed by atoms with Crippen molar-refractivity contribution in [3.05, 3.63) is 70.3 Å². The first-order valence-electron chi connectivity index (χ1n) is 13.2. The van der Waals surface area contributed by atoms with Gasteiger partial charge in [0.25, 0.3) is 0 Å². The Morgan fingerprint density at radius 3 is 1.82 bits per heavy atom. The lowest BCUT2D eigenvalue weighted by molar-refractivity contribution is -0.156. The third-order valence-electron chi connectivity index (χ3n) is 9.21. The fraction of sp³-hybridized carbons (Fsp3) is 0.600. The van der Waals surface area contributed by atoms with Gasteiger partial charge in [-0.05, 0) is 88.4 Å². The van der Waals surface area contributed by atoms with Gasteiger partial charge in [-0.15, -0.1) is 0 Å². The van der Waals surface area contributed by atoms with E-state index >= 15 is 0 Å². The van der Waals surface area contributed by atoms with Gasteiger partial charge < -0.3 is 19.3 Å². The first-order valence-corrected chi connectivity index (χ1v) is 13.2. The first-order chi connectivity index (χ1) is 16.1. The van der Waals surface area contributed by atoms with E-state index in [0.29, 0.717) is 0 Å². The van der Waals surface area contributed by atoms with Crippen LogP contribution in [0.15, 0.2) is 42.5 Å². The maximum absolute atomic E-state index is 7.13. The fourth-order valence-corrected chi connectivity index (χ4v) is 7.30. The van der Waals surface area contributed by atoms with Gasteiger partial charge in [0, 0.05) is 32.6 Å². The topological polar surface area (TPSA) is 24.9 Å². The van der Waals surface area contributed by atoms with Gasteiger partial charge in [-0.1, -0.05) is 42.5 Å². The molecule has 0 aromatic heterocycles. The van der Waals surface area contributed by atoms with Crippen molar-refractivity contribution in [1.82, 2.24) is 9.80 Å². The van der Waals surface area contributed by atoms with Gasteiger partial charge in [-0.2, -0.15) is 0 Å². The molecule has 2 aromatic rings. The van der Waals surface area contributed by atoms with Gasteiger partial charge in [0.05, 0.1) is 22.4 Å². The minimum absolute atomic E-state index is 0.123. The summed E-state index contributed by atoms with van der Waals surface area (Å²) in [6.07, 6.45) is 5.17. The van der Waals surface area contributed by atoms with Crippen LogP contribution in [0.2, 0.25) is 0 Å². The van der Waals surface area contributed by atoms with Crippen LogP contribution in [0.3, 0.4) is 0 Å². The molecule has 6 rings (SSSR count). The number of rotatable bonds is 2. The van der Waals surface area contributed by atoms with E-state index in [-0.39, 0.29) is 22.4 Å². The molecule has 2 fully saturated rings. The van der Waals surface area contributed by atoms with Crippen molar-refractivity contribution in [3.63, 3.8) is 0 Å². The van der Waals surface area contributed by atoms with Crippen molar-refractivity contribution in [2.45, 2.75) is 75.3 Å². The van der Waals surface area contributed by atoms with E-state index < -0.39 is 0 Å². The molecule has 4 heterocycles. The van der Waals surface area contributed by atoms with Crippen LogP contribution in [-0.2, 0) is 38.3 Å². The van der Waals surface area contributed by atoms with Crippen LogP contribution >= 0.6 is 0 Å². The second kappa shape index (κ2) is 7.64. The average Bonchev–Trinajstić information content (AvgIpc) is 3.18. The van der Waals surface area contributed by atoms with Gasteiger partial charge in [0.1, 0.15) is 0 Å². The molecular weight excluding hydrogens is 420 g/mol. The summed E-state index contributed by atoms with van der Waals surface area (Å²) in [6.45, 7) is 11.2. The highest BCUT2D eigenvalue weighted by atomic mass is 16.5. The van der Waals surface area contributed by atoms with E-state index in [1.54, 1.807) is 0 Å². The number of likely N-dealkylation sites (tertiary alicyclic amines) is 2. The SMILES string of the molecule is CN1CCC2(CC1)OC(C)(C)c1cc(CC3(C)OC4(CCN(C)CC4)c4ccccc43)ccc12. The van der Waals surface area contributed by atoms with Crippen molar-refractivity contribution >= 4 is 0 Å². The summed E-state index contributed by atoms with van der Waals surface area (Å²) in [4.78, 5) is 4.84. The molecule has 0 N–H and O–H groups in total. The van der Waals surface area contributed by atoms with Crippen LogP contribution < -0.4 is 0 Å². The third-order valence-corrected chi connectivity index (χ3v) is 9.21. The molecule has 0 bridgehead atoms. The highest BCUT2D eigenvalue weighted by Gasteiger charge is 2.53. The Balaban J connectivity index is 1.34. The Hall–Kier alpha value is -1.72. The maximum Gasteiger partial charge on any atom is 0.0971 e. The summed E-state index contributed by atoms with van der Waals surface area (Å²) >= 11 is 0. The van der Waals surface area contributed by atoms with E-state index in [9.17, 15) is 0 Å². The summed E-state index contributed by atoms with van der Waals surface area (Å²) in [5.41, 5.74) is 6.10. The second-order valence-corrected chi connectivity index (χ2v) is 12.1. The van der Waals surface area contributed by atoms with E-state index in [1.165, 1.54) is 27.8 Å². The molecule has 182 valence electrons. The zero-order valence-corrected chi connectivity index (χ0v) is 21.6. The molecule has 0 radical (unpaired) electrons. The lowest BCUT2D eigenvalue weighted by atomic mass is 9.79. The molecule has 0 amide bonds. The van der Waals surface area contributed by atoms with E-state index in [4.69, 9.17) is 9.47 Å². The Labute approximate surface area is 205 Å². The standard InChI is InChI=1S/C30H40N2O2/c1-27(2)26-20-22(10-11-25(26)29(33-27)12-16-31(4)17-13-29)21-28(3)23-8-6-7-9-24(23)30(34-28)14-18-32(5)19-15-30/h6-11,20H,12-19,21H2,1-5H3. The monoisotopic (exact) mass is 460 g/mol. The molecule has 4 heteroatoms. The summed E-state index contributed by atoms with van der Waals surface area (Å²) in [7, 11) is 4.44. The van der Waals surface area contributed by atoms with Gasteiger partial charge in [-0.25, -0.2) is 0 Å². The second-order valence-electron chi connectivity index (χ2n) is 12.1. The fourth-order valence-electron chi connectivity index (χ4n) is 7.30. The largest absolute Gasteiger partial charge is 0.360 e. The molecule has 4 aliphatic rings. The van der Waals surface area contributed by atoms with Crippen LogP contribution in [0, 0.1) is 0 Å². The Kier molecular flexibility index (Phi) is 5.10. The lowest BCUT2D eigenvalue weighted by Crippen LogP contribution is -2.42. The molecule has 1 atom stereocenters. The first kappa shape index (κ1) is 22.7. The van der Waals surface area contributed by atoms with Crippen molar-refractivity contribution < 1.29 is 9.47 Å². The van der Waals surface area contributed by atoms with Crippen LogP contribution in [0.4, 0.5) is 0 Å². The number of nitrogens with zero attached hydrogens (tertiary/aromatic N) is 2. The van der Waals surface area contributed by atoms with E-state index in [0.717, 1.165) is 58.3 Å². The highest BCUT2D eigenvalue weighted by molar-refractivity contribution is 5.46. The van der Waals surface area contributed by atoms with Crippen LogP contribution in [0.25, 0.3) is 0 Å². The minimum atomic E-state index is -0.310. The molecule has 1 unspecified atom stereocenters. The lowest BCUT2D eigenvalue weighted by Gasteiger charge is -2.40. The predicted molar refractivity (Wildman–Crippen MR) is 136 cm³/mol. The smallest absolute Gasteiger partial charge is 0.0971 e. The number of hydrogen-bond donors (Lipinski definition) is 0. The summed E-state index contributed by atoms with van der Waals surface area (Å²) in [5.74, 6) is 0. The van der Waals surface area contributed by atoms with Gasteiger partial charge in [-0.3, -0.25) is 0 Å². The van der Waals surface area contributed by atoms with Crippen LogP contribution in [0.1, 0.15) is 74.3 Å². The Morgan fingerprint density at radius 1 is 0.676 bits per heavy atom. The molecule has 4 nitrogen and oxygen atoms in total. The number of piperidine rings is 2. The maximum atomic E-state index is 7.13. The van der Waals surface area contributed by atoms with E-state index in [2.05, 4.69) is 87.1 Å². The molecule has 2 spiro atoms. The molecule has 2 aromatic carbocycles. The van der Waals surface area contributed by atoms with Crippen molar-refractivity contribution in [1.29, 1.82) is 0 Å².